The highest BCUT2D eigenvalue weighted by Crippen LogP contribution is 2.31. The molecule has 1 saturated carbocycles. The summed E-state index contributed by atoms with van der Waals surface area (Å²) >= 11 is 6.49. The Bertz CT molecular complexity index is 792. The van der Waals surface area contributed by atoms with E-state index in [1.54, 1.807) is 13.2 Å². The minimum absolute atomic E-state index is 0.00104. The van der Waals surface area contributed by atoms with Crippen LogP contribution in [0, 0.1) is 0 Å². The first-order chi connectivity index (χ1) is 13.2. The zero-order valence-electron chi connectivity index (χ0n) is 15.7. The van der Waals surface area contributed by atoms with E-state index in [1.807, 2.05) is 40.1 Å². The molecule has 0 spiro atoms. The molecule has 144 valence electrons. The zero-order valence-corrected chi connectivity index (χ0v) is 16.5. The highest BCUT2D eigenvalue weighted by atomic mass is 35.5. The van der Waals surface area contributed by atoms with E-state index in [9.17, 15) is 4.79 Å². The number of carbonyl (C=O) groups excluding carboxylic acids is 1. The molecule has 2 aromatic rings. The third kappa shape index (κ3) is 3.71. The summed E-state index contributed by atoms with van der Waals surface area (Å²) in [6.07, 6.45) is 9.13. The molecule has 1 aliphatic carbocycles. The molecule has 6 heteroatoms. The first-order valence-electron chi connectivity index (χ1n) is 9.71. The smallest absolute Gasteiger partial charge is 0.257 e. The van der Waals surface area contributed by atoms with Gasteiger partial charge in [0.1, 0.15) is 5.75 Å². The predicted molar refractivity (Wildman–Crippen MR) is 107 cm³/mol. The molecule has 0 atom stereocenters. The molecule has 0 N–H and O–H groups in total. The number of carbonyl (C=O) groups is 1. The monoisotopic (exact) mass is 387 g/mol. The Balaban J connectivity index is 1.51. The topological polar surface area (TPSA) is 37.7 Å². The number of methoxy groups -OCH3 is 1. The van der Waals surface area contributed by atoms with Crippen molar-refractivity contribution in [3.8, 4) is 11.4 Å². The van der Waals surface area contributed by atoms with Gasteiger partial charge in [0.15, 0.2) is 0 Å². The molecule has 1 aromatic heterocycles. The van der Waals surface area contributed by atoms with Crippen molar-refractivity contribution in [1.82, 2.24) is 14.4 Å². The molecule has 0 radical (unpaired) electrons. The van der Waals surface area contributed by atoms with Gasteiger partial charge >= 0.3 is 0 Å². The van der Waals surface area contributed by atoms with Crippen molar-refractivity contribution in [3.05, 3.63) is 47.2 Å². The fourth-order valence-corrected chi connectivity index (χ4v) is 4.56. The number of nitrogens with zero attached hydrogens (tertiary/aromatic N) is 3. The second-order valence-electron chi connectivity index (χ2n) is 7.36. The number of aromatic nitrogens is 1. The number of hydrogen-bond donors (Lipinski definition) is 0. The Morgan fingerprint density at radius 2 is 1.74 bits per heavy atom. The third-order valence-corrected chi connectivity index (χ3v) is 6.13. The second kappa shape index (κ2) is 7.95. The van der Waals surface area contributed by atoms with Crippen LogP contribution in [-0.2, 0) is 0 Å². The van der Waals surface area contributed by atoms with E-state index in [-0.39, 0.29) is 5.91 Å². The summed E-state index contributed by atoms with van der Waals surface area (Å²) in [5.74, 6) is 0.560. The summed E-state index contributed by atoms with van der Waals surface area (Å²) in [6.45, 7) is 3.42. The average molecular weight is 388 g/mol. The number of rotatable bonds is 4. The van der Waals surface area contributed by atoms with E-state index in [4.69, 9.17) is 16.3 Å². The minimum atomic E-state index is -0.00104. The molecule has 1 aromatic carbocycles. The molecule has 27 heavy (non-hydrogen) atoms. The number of halogens is 1. The van der Waals surface area contributed by atoms with Gasteiger partial charge in [-0.15, -0.1) is 0 Å². The van der Waals surface area contributed by atoms with Crippen LogP contribution in [-0.4, -0.2) is 59.6 Å². The highest BCUT2D eigenvalue weighted by molar-refractivity contribution is 6.33. The molecule has 1 aliphatic heterocycles. The lowest BCUT2D eigenvalue weighted by molar-refractivity contribution is 0.0570. The minimum Gasteiger partial charge on any atom is -0.496 e. The average Bonchev–Trinajstić information content (AvgIpc) is 3.41. The summed E-state index contributed by atoms with van der Waals surface area (Å²) in [5, 5.41) is 0.542. The fourth-order valence-electron chi connectivity index (χ4n) is 4.30. The van der Waals surface area contributed by atoms with Gasteiger partial charge in [0, 0.05) is 50.7 Å². The molecule has 4 rings (SSSR count). The van der Waals surface area contributed by atoms with Crippen LogP contribution in [0.25, 0.3) is 5.69 Å². The highest BCUT2D eigenvalue weighted by Gasteiger charge is 2.29. The molecule has 1 saturated heterocycles. The van der Waals surface area contributed by atoms with Crippen molar-refractivity contribution in [3.63, 3.8) is 0 Å². The van der Waals surface area contributed by atoms with Crippen LogP contribution in [0.5, 0.6) is 5.75 Å². The molecular weight excluding hydrogens is 362 g/mol. The van der Waals surface area contributed by atoms with Gasteiger partial charge in [-0.25, -0.2) is 0 Å². The van der Waals surface area contributed by atoms with Crippen molar-refractivity contribution in [2.75, 3.05) is 33.3 Å². The zero-order chi connectivity index (χ0) is 18.8. The molecule has 0 unspecified atom stereocenters. The van der Waals surface area contributed by atoms with E-state index in [0.29, 0.717) is 22.4 Å². The SMILES string of the molecule is COc1cc(-n2cccc2)c(Cl)cc1C(=O)N1CCN(C2CCCC2)CC1. The maximum absolute atomic E-state index is 13.1. The van der Waals surface area contributed by atoms with E-state index >= 15 is 0 Å². The summed E-state index contributed by atoms with van der Waals surface area (Å²) in [6, 6.07) is 8.16. The first kappa shape index (κ1) is 18.4. The predicted octanol–water partition coefficient (Wildman–Crippen LogP) is 3.84. The number of hydrogen-bond acceptors (Lipinski definition) is 3. The van der Waals surface area contributed by atoms with Crippen LogP contribution in [0.15, 0.2) is 36.7 Å². The molecule has 0 bridgehead atoms. The van der Waals surface area contributed by atoms with Gasteiger partial charge in [-0.1, -0.05) is 24.4 Å². The van der Waals surface area contributed by atoms with Gasteiger partial charge < -0.3 is 14.2 Å². The second-order valence-corrected chi connectivity index (χ2v) is 7.77. The normalized spacial score (nSPS) is 18.8. The summed E-state index contributed by atoms with van der Waals surface area (Å²) in [5.41, 5.74) is 1.34. The summed E-state index contributed by atoms with van der Waals surface area (Å²) in [7, 11) is 1.59. The van der Waals surface area contributed by atoms with Gasteiger partial charge in [-0.2, -0.15) is 0 Å². The van der Waals surface area contributed by atoms with Gasteiger partial charge in [0.05, 0.1) is 23.4 Å². The molecule has 5 nitrogen and oxygen atoms in total. The standard InChI is InChI=1S/C21H26ClN3O2/c1-27-20-15-19(24-8-4-5-9-24)18(22)14-17(20)21(26)25-12-10-23(11-13-25)16-6-2-3-7-16/h4-5,8-9,14-16H,2-3,6-7,10-13H2,1H3. The van der Waals surface area contributed by atoms with Crippen LogP contribution in [0.2, 0.25) is 5.02 Å². The van der Waals surface area contributed by atoms with Crippen LogP contribution in [0.3, 0.4) is 0 Å². The largest absolute Gasteiger partial charge is 0.496 e. The maximum Gasteiger partial charge on any atom is 0.257 e. The Labute approximate surface area is 165 Å². The van der Waals surface area contributed by atoms with Crippen molar-refractivity contribution in [1.29, 1.82) is 0 Å². The summed E-state index contributed by atoms with van der Waals surface area (Å²) in [4.78, 5) is 17.6. The van der Waals surface area contributed by atoms with E-state index in [1.165, 1.54) is 25.7 Å². The molecule has 2 fully saturated rings. The Hall–Kier alpha value is -1.98. The number of benzene rings is 1. The first-order valence-corrected chi connectivity index (χ1v) is 10.1. The van der Waals surface area contributed by atoms with Crippen LogP contribution in [0.4, 0.5) is 0 Å². The maximum atomic E-state index is 13.1. The number of ether oxygens (including phenoxy) is 1. The van der Waals surface area contributed by atoms with E-state index in [2.05, 4.69) is 4.90 Å². The van der Waals surface area contributed by atoms with Crippen molar-refractivity contribution >= 4 is 17.5 Å². The molecular formula is C21H26ClN3O2. The van der Waals surface area contributed by atoms with Crippen molar-refractivity contribution < 1.29 is 9.53 Å². The molecule has 1 amide bonds. The van der Waals surface area contributed by atoms with Crippen LogP contribution in [0.1, 0.15) is 36.0 Å². The van der Waals surface area contributed by atoms with Crippen molar-refractivity contribution in [2.24, 2.45) is 0 Å². The lowest BCUT2D eigenvalue weighted by Crippen LogP contribution is -2.51. The number of piperazine rings is 1. The van der Waals surface area contributed by atoms with Gasteiger partial charge in [-0.05, 0) is 31.0 Å². The van der Waals surface area contributed by atoms with E-state index in [0.717, 1.165) is 31.9 Å². The van der Waals surface area contributed by atoms with E-state index < -0.39 is 0 Å². The molecule has 2 aliphatic rings. The Kier molecular flexibility index (Phi) is 5.41. The van der Waals surface area contributed by atoms with Crippen LogP contribution >= 0.6 is 11.6 Å². The van der Waals surface area contributed by atoms with Crippen LogP contribution < -0.4 is 4.74 Å². The van der Waals surface area contributed by atoms with Gasteiger partial charge in [0.25, 0.3) is 5.91 Å². The lowest BCUT2D eigenvalue weighted by atomic mass is 10.1. The quantitative estimate of drug-likeness (QED) is 0.799. The molecule has 2 heterocycles. The Morgan fingerprint density at radius 1 is 1.07 bits per heavy atom. The fraction of sp³-hybridized carbons (Fsp3) is 0.476. The number of amides is 1. The lowest BCUT2D eigenvalue weighted by Gasteiger charge is -2.38. The Morgan fingerprint density at radius 3 is 2.37 bits per heavy atom. The summed E-state index contributed by atoms with van der Waals surface area (Å²) < 4.78 is 7.44. The van der Waals surface area contributed by atoms with Gasteiger partial charge in [-0.3, -0.25) is 9.69 Å². The van der Waals surface area contributed by atoms with Crippen molar-refractivity contribution in [2.45, 2.75) is 31.7 Å². The third-order valence-electron chi connectivity index (χ3n) is 5.82. The van der Waals surface area contributed by atoms with Gasteiger partial charge in [0.2, 0.25) is 0 Å².